The second-order valence-corrected chi connectivity index (χ2v) is 10.1. The number of halogens is 1. The Morgan fingerprint density at radius 1 is 0.925 bits per heavy atom. The number of rotatable bonds is 6. The average molecular weight is 535 g/mol. The third-order valence-corrected chi connectivity index (χ3v) is 7.41. The van der Waals surface area contributed by atoms with Crippen molar-refractivity contribution in [2.75, 3.05) is 20.2 Å². The van der Waals surface area contributed by atoms with E-state index >= 15 is 0 Å². The second-order valence-electron chi connectivity index (χ2n) is 10.1. The zero-order valence-corrected chi connectivity index (χ0v) is 22.0. The summed E-state index contributed by atoms with van der Waals surface area (Å²) in [5.74, 6) is 0.570. The fourth-order valence-corrected chi connectivity index (χ4v) is 5.43. The number of imidazole rings is 1. The third-order valence-electron chi connectivity index (χ3n) is 7.41. The van der Waals surface area contributed by atoms with Gasteiger partial charge in [-0.15, -0.1) is 0 Å². The van der Waals surface area contributed by atoms with Crippen LogP contribution in [-0.2, 0) is 6.54 Å². The van der Waals surface area contributed by atoms with Crippen molar-refractivity contribution in [3.63, 3.8) is 0 Å². The topological polar surface area (TPSA) is 108 Å². The summed E-state index contributed by atoms with van der Waals surface area (Å²) in [6.07, 6.45) is 11.2. The molecule has 0 unspecified atom stereocenters. The molecule has 6 heterocycles. The SMILES string of the molecule is COc1cc(F)cc(-c2nccc3[nH]c(-c4n[nH]c5ncc(-c6cncc(CN7CCCCC7)c6)cc45)nc23)c1. The smallest absolute Gasteiger partial charge is 0.159 e. The highest BCUT2D eigenvalue weighted by molar-refractivity contribution is 5.96. The van der Waals surface area contributed by atoms with Crippen LogP contribution in [0.5, 0.6) is 5.75 Å². The molecule has 0 aliphatic carbocycles. The summed E-state index contributed by atoms with van der Waals surface area (Å²) in [7, 11) is 1.51. The molecule has 5 aromatic heterocycles. The molecule has 2 N–H and O–H groups in total. The van der Waals surface area contributed by atoms with Gasteiger partial charge in [-0.3, -0.25) is 20.0 Å². The van der Waals surface area contributed by atoms with E-state index < -0.39 is 5.82 Å². The molecule has 1 fully saturated rings. The number of benzene rings is 1. The van der Waals surface area contributed by atoms with Gasteiger partial charge >= 0.3 is 0 Å². The van der Waals surface area contributed by atoms with Gasteiger partial charge in [0.05, 0.1) is 23.7 Å². The number of aromatic nitrogens is 7. The van der Waals surface area contributed by atoms with E-state index in [4.69, 9.17) is 9.72 Å². The van der Waals surface area contributed by atoms with Crippen LogP contribution >= 0.6 is 0 Å². The summed E-state index contributed by atoms with van der Waals surface area (Å²) in [6.45, 7) is 3.18. The number of H-pyrrole nitrogens is 2. The number of nitrogens with one attached hydrogen (secondary N) is 2. The van der Waals surface area contributed by atoms with Crippen LogP contribution in [0.25, 0.3) is 56.0 Å². The molecule has 0 atom stereocenters. The van der Waals surface area contributed by atoms with Gasteiger partial charge in [-0.25, -0.2) is 14.4 Å². The number of fused-ring (bicyclic) bond motifs is 2. The van der Waals surface area contributed by atoms with Crippen LogP contribution in [0, 0.1) is 5.82 Å². The summed E-state index contributed by atoms with van der Waals surface area (Å²) in [5, 5.41) is 8.38. The Balaban J connectivity index is 1.26. The van der Waals surface area contributed by atoms with Gasteiger partial charge < -0.3 is 9.72 Å². The third kappa shape index (κ3) is 4.56. The van der Waals surface area contributed by atoms with Crippen LogP contribution < -0.4 is 4.74 Å². The number of hydrogen-bond acceptors (Lipinski definition) is 7. The molecule has 200 valence electrons. The van der Waals surface area contributed by atoms with E-state index in [9.17, 15) is 4.39 Å². The molecule has 1 aliphatic heterocycles. The summed E-state index contributed by atoms with van der Waals surface area (Å²) in [4.78, 5) is 24.3. The molecule has 10 heteroatoms. The van der Waals surface area contributed by atoms with E-state index in [0.717, 1.165) is 41.7 Å². The lowest BCUT2D eigenvalue weighted by atomic mass is 10.1. The van der Waals surface area contributed by atoms with Crippen LogP contribution in [0.4, 0.5) is 4.39 Å². The van der Waals surface area contributed by atoms with Crippen LogP contribution in [0.2, 0.25) is 0 Å². The van der Waals surface area contributed by atoms with Gasteiger partial charge in [-0.2, -0.15) is 5.10 Å². The first-order chi connectivity index (χ1) is 19.6. The Hall–Kier alpha value is -4.70. The molecule has 0 radical (unpaired) electrons. The van der Waals surface area contributed by atoms with Gasteiger partial charge in [-0.05, 0) is 61.8 Å². The van der Waals surface area contributed by atoms with Crippen molar-refractivity contribution in [1.29, 1.82) is 0 Å². The number of methoxy groups -OCH3 is 1. The Morgan fingerprint density at radius 3 is 2.67 bits per heavy atom. The number of ether oxygens (including phenoxy) is 1. The van der Waals surface area contributed by atoms with Crippen LogP contribution in [0.3, 0.4) is 0 Å². The zero-order valence-electron chi connectivity index (χ0n) is 22.0. The molecular formula is C30H27FN8O. The summed E-state index contributed by atoms with van der Waals surface area (Å²) < 4.78 is 19.5. The van der Waals surface area contributed by atoms with Crippen molar-refractivity contribution in [1.82, 2.24) is 40.0 Å². The molecule has 40 heavy (non-hydrogen) atoms. The minimum atomic E-state index is -0.407. The number of piperidine rings is 1. The molecule has 0 amide bonds. The van der Waals surface area contributed by atoms with E-state index in [0.29, 0.717) is 39.7 Å². The summed E-state index contributed by atoms with van der Waals surface area (Å²) in [6, 6.07) is 10.6. The fraction of sp³-hybridized carbons (Fsp3) is 0.233. The molecule has 9 nitrogen and oxygen atoms in total. The van der Waals surface area contributed by atoms with Crippen molar-refractivity contribution in [3.8, 4) is 39.7 Å². The monoisotopic (exact) mass is 534 g/mol. The Labute approximate surface area is 229 Å². The van der Waals surface area contributed by atoms with E-state index in [1.54, 1.807) is 12.3 Å². The van der Waals surface area contributed by atoms with Crippen LogP contribution in [0.15, 0.2) is 61.2 Å². The molecule has 6 aromatic rings. The highest BCUT2D eigenvalue weighted by atomic mass is 19.1. The summed E-state index contributed by atoms with van der Waals surface area (Å²) >= 11 is 0. The van der Waals surface area contributed by atoms with Crippen LogP contribution in [-0.4, -0.2) is 60.2 Å². The quantitative estimate of drug-likeness (QED) is 0.280. The van der Waals surface area contributed by atoms with E-state index in [1.807, 2.05) is 24.7 Å². The Bertz CT molecular complexity index is 1840. The first-order valence-electron chi connectivity index (χ1n) is 13.4. The predicted molar refractivity (Wildman–Crippen MR) is 151 cm³/mol. The molecule has 1 aromatic carbocycles. The van der Waals surface area contributed by atoms with Gasteiger partial charge in [-0.1, -0.05) is 6.42 Å². The Morgan fingerprint density at radius 2 is 1.80 bits per heavy atom. The average Bonchev–Trinajstić information content (AvgIpc) is 3.61. The van der Waals surface area contributed by atoms with Gasteiger partial charge in [0.1, 0.15) is 22.8 Å². The van der Waals surface area contributed by atoms with Gasteiger partial charge in [0.2, 0.25) is 0 Å². The molecule has 0 saturated carbocycles. The van der Waals surface area contributed by atoms with Gasteiger partial charge in [0.25, 0.3) is 0 Å². The number of pyridine rings is 3. The molecule has 1 saturated heterocycles. The van der Waals surface area contributed by atoms with E-state index in [1.165, 1.54) is 44.1 Å². The zero-order chi connectivity index (χ0) is 27.1. The molecule has 0 spiro atoms. The predicted octanol–water partition coefficient (Wildman–Crippen LogP) is 5.76. The fourth-order valence-electron chi connectivity index (χ4n) is 5.43. The van der Waals surface area contributed by atoms with Crippen molar-refractivity contribution < 1.29 is 9.13 Å². The largest absolute Gasteiger partial charge is 0.497 e. The normalized spacial score (nSPS) is 14.2. The second kappa shape index (κ2) is 10.1. The molecule has 1 aliphatic rings. The standard InChI is InChI=1S/C30H27FN8O/c1-40-23-11-19(10-22(31)13-23)26-28-25(5-6-33-26)35-30(36-28)27-24-12-21(16-34-29(24)38-37-27)20-9-18(14-32-15-20)17-39-7-3-2-4-8-39/h5-6,9-16H,2-4,7-8,17H2,1H3,(H,35,36)(H,34,37,38). The van der Waals surface area contributed by atoms with Crippen molar-refractivity contribution in [2.24, 2.45) is 0 Å². The first-order valence-corrected chi connectivity index (χ1v) is 13.4. The number of likely N-dealkylation sites (tertiary alicyclic amines) is 1. The maximum Gasteiger partial charge on any atom is 0.159 e. The number of hydrogen-bond donors (Lipinski definition) is 2. The van der Waals surface area contributed by atoms with Crippen molar-refractivity contribution in [2.45, 2.75) is 25.8 Å². The lowest BCUT2D eigenvalue weighted by Crippen LogP contribution is -2.29. The number of nitrogens with zero attached hydrogens (tertiary/aromatic N) is 6. The minimum Gasteiger partial charge on any atom is -0.497 e. The molecule has 7 rings (SSSR count). The van der Waals surface area contributed by atoms with E-state index in [2.05, 4.69) is 47.2 Å². The lowest BCUT2D eigenvalue weighted by Gasteiger charge is -2.26. The number of aromatic amines is 2. The molecule has 0 bridgehead atoms. The minimum absolute atomic E-state index is 0.407. The van der Waals surface area contributed by atoms with Gasteiger partial charge in [0.15, 0.2) is 11.5 Å². The highest BCUT2D eigenvalue weighted by Crippen LogP contribution is 2.33. The highest BCUT2D eigenvalue weighted by Gasteiger charge is 2.18. The van der Waals surface area contributed by atoms with Gasteiger partial charge in [0, 0.05) is 54.1 Å². The lowest BCUT2D eigenvalue weighted by molar-refractivity contribution is 0.220. The van der Waals surface area contributed by atoms with Crippen molar-refractivity contribution >= 4 is 22.1 Å². The summed E-state index contributed by atoms with van der Waals surface area (Å²) in [5.41, 5.74) is 6.95. The van der Waals surface area contributed by atoms with Crippen molar-refractivity contribution in [3.05, 3.63) is 72.6 Å². The first kappa shape index (κ1) is 24.3. The van der Waals surface area contributed by atoms with Crippen LogP contribution in [0.1, 0.15) is 24.8 Å². The van der Waals surface area contributed by atoms with E-state index in [-0.39, 0.29) is 0 Å². The maximum atomic E-state index is 14.3. The Kier molecular flexibility index (Phi) is 6.16. The molecular weight excluding hydrogens is 507 g/mol. The maximum absolute atomic E-state index is 14.3.